The van der Waals surface area contributed by atoms with E-state index in [4.69, 9.17) is 4.74 Å². The Kier molecular flexibility index (Phi) is 3.66. The zero-order valence-corrected chi connectivity index (χ0v) is 13.2. The molecule has 2 aromatic rings. The zero-order valence-electron chi connectivity index (χ0n) is 12.4. The molecular weight excluding hydrogens is 302 g/mol. The van der Waals surface area contributed by atoms with Crippen LogP contribution in [0.1, 0.15) is 17.7 Å². The lowest BCUT2D eigenvalue weighted by Gasteiger charge is -2.23. The van der Waals surface area contributed by atoms with Gasteiger partial charge in [-0.05, 0) is 29.8 Å². The Balaban J connectivity index is 2.05. The number of hydrogen-bond acceptors (Lipinski definition) is 4. The van der Waals surface area contributed by atoms with Crippen LogP contribution in [0, 0.1) is 0 Å². The van der Waals surface area contributed by atoms with E-state index < -0.39 is 10.0 Å². The Bertz CT molecular complexity index is 811. The van der Waals surface area contributed by atoms with Gasteiger partial charge in [-0.15, -0.1) is 0 Å². The summed E-state index contributed by atoms with van der Waals surface area (Å²) in [4.78, 5) is 7.12. The van der Waals surface area contributed by atoms with E-state index in [0.29, 0.717) is 12.3 Å². The van der Waals surface area contributed by atoms with Crippen LogP contribution in [-0.2, 0) is 10.0 Å². The first-order valence-corrected chi connectivity index (χ1v) is 8.70. The van der Waals surface area contributed by atoms with Gasteiger partial charge in [0.1, 0.15) is 5.75 Å². The van der Waals surface area contributed by atoms with Gasteiger partial charge in [0.25, 0.3) is 0 Å². The summed E-state index contributed by atoms with van der Waals surface area (Å²) in [7, 11) is -1.75. The van der Waals surface area contributed by atoms with Gasteiger partial charge in [0.05, 0.1) is 30.6 Å². The second-order valence-electron chi connectivity index (χ2n) is 5.17. The Morgan fingerprint density at radius 3 is 2.91 bits per heavy atom. The summed E-state index contributed by atoms with van der Waals surface area (Å²) in [5.74, 6) is 0.763. The van der Waals surface area contributed by atoms with E-state index in [2.05, 4.69) is 9.97 Å². The fourth-order valence-corrected chi connectivity index (χ4v) is 2.86. The predicted molar refractivity (Wildman–Crippen MR) is 86.3 cm³/mol. The molecule has 0 aliphatic carbocycles. The van der Waals surface area contributed by atoms with Crippen LogP contribution in [0.3, 0.4) is 0 Å². The van der Waals surface area contributed by atoms with Crippen molar-refractivity contribution in [3.05, 3.63) is 42.0 Å². The number of aromatic nitrogens is 2. The van der Waals surface area contributed by atoms with Gasteiger partial charge < -0.3 is 9.72 Å². The van der Waals surface area contributed by atoms with Crippen molar-refractivity contribution in [2.75, 3.05) is 24.2 Å². The van der Waals surface area contributed by atoms with Gasteiger partial charge in [0.15, 0.2) is 0 Å². The second kappa shape index (κ2) is 5.49. The minimum Gasteiger partial charge on any atom is -0.493 e. The number of rotatable bonds is 3. The number of sulfonamides is 1. The van der Waals surface area contributed by atoms with Crippen molar-refractivity contribution in [1.29, 1.82) is 0 Å². The van der Waals surface area contributed by atoms with Crippen LogP contribution in [0.2, 0.25) is 0 Å². The minimum absolute atomic E-state index is 0.602. The maximum atomic E-state index is 11.7. The van der Waals surface area contributed by atoms with Crippen LogP contribution in [-0.4, -0.2) is 38.3 Å². The van der Waals surface area contributed by atoms with Crippen molar-refractivity contribution in [3.63, 3.8) is 0 Å². The Hall–Kier alpha value is -2.28. The highest BCUT2D eigenvalue weighted by Gasteiger charge is 2.19. The molecule has 0 atom stereocenters. The normalized spacial score (nSPS) is 16.2. The summed E-state index contributed by atoms with van der Waals surface area (Å²) >= 11 is 0. The standard InChI is InChI=1S/C15H17N3O3S/c1-18(22(2,19)20)13-3-4-15-14(8-13)11(5-6-21-15)7-12-9-16-10-17-12/h3-4,7-10H,5-6H2,1-2H3,(H,16,17)/b11-7+. The van der Waals surface area contributed by atoms with Gasteiger partial charge in [0.2, 0.25) is 10.0 Å². The number of H-pyrrole nitrogens is 1. The fraction of sp³-hybridized carbons (Fsp3) is 0.267. The number of nitrogens with zero attached hydrogens (tertiary/aromatic N) is 2. The molecule has 7 heteroatoms. The van der Waals surface area contributed by atoms with Gasteiger partial charge in [0, 0.05) is 25.2 Å². The molecule has 0 amide bonds. The molecule has 0 unspecified atom stereocenters. The van der Waals surface area contributed by atoms with Gasteiger partial charge in [-0.2, -0.15) is 0 Å². The number of anilines is 1. The highest BCUT2D eigenvalue weighted by atomic mass is 32.2. The number of hydrogen-bond donors (Lipinski definition) is 1. The van der Waals surface area contributed by atoms with E-state index in [1.54, 1.807) is 12.4 Å². The first-order chi connectivity index (χ1) is 10.4. The van der Waals surface area contributed by atoms with Crippen molar-refractivity contribution < 1.29 is 13.2 Å². The largest absolute Gasteiger partial charge is 0.493 e. The number of fused-ring (bicyclic) bond motifs is 1. The van der Waals surface area contributed by atoms with E-state index in [9.17, 15) is 8.42 Å². The summed E-state index contributed by atoms with van der Waals surface area (Å²) in [5, 5.41) is 0. The molecule has 1 aliphatic rings. The van der Waals surface area contributed by atoms with Crippen LogP contribution in [0.4, 0.5) is 5.69 Å². The molecule has 22 heavy (non-hydrogen) atoms. The lowest BCUT2D eigenvalue weighted by atomic mass is 9.98. The summed E-state index contributed by atoms with van der Waals surface area (Å²) < 4.78 is 30.3. The monoisotopic (exact) mass is 319 g/mol. The van der Waals surface area contributed by atoms with Crippen molar-refractivity contribution in [2.24, 2.45) is 0 Å². The SMILES string of the molecule is CN(c1ccc2c(c1)/C(=C/c1c[nH]cn1)CCO2)S(C)(=O)=O. The van der Waals surface area contributed by atoms with E-state index in [1.807, 2.05) is 24.4 Å². The molecule has 1 aromatic heterocycles. The molecule has 3 rings (SSSR count). The molecule has 0 bridgehead atoms. The van der Waals surface area contributed by atoms with E-state index in [1.165, 1.54) is 17.6 Å². The Labute approximate surface area is 129 Å². The first kappa shape index (κ1) is 14.6. The van der Waals surface area contributed by atoms with Gasteiger partial charge in [-0.3, -0.25) is 4.31 Å². The summed E-state index contributed by atoms with van der Waals surface area (Å²) in [5.41, 5.74) is 3.43. The number of ether oxygens (including phenoxy) is 1. The quantitative estimate of drug-likeness (QED) is 0.940. The molecule has 116 valence electrons. The average Bonchev–Trinajstić information content (AvgIpc) is 2.98. The Morgan fingerprint density at radius 1 is 1.41 bits per heavy atom. The van der Waals surface area contributed by atoms with E-state index in [0.717, 1.165) is 29.0 Å². The molecule has 6 nitrogen and oxygen atoms in total. The summed E-state index contributed by atoms with van der Waals surface area (Å²) in [6.07, 6.45) is 7.37. The lowest BCUT2D eigenvalue weighted by Crippen LogP contribution is -2.25. The lowest BCUT2D eigenvalue weighted by molar-refractivity contribution is 0.317. The maximum Gasteiger partial charge on any atom is 0.231 e. The number of imidazole rings is 1. The minimum atomic E-state index is -3.29. The number of benzene rings is 1. The molecule has 0 saturated heterocycles. The highest BCUT2D eigenvalue weighted by Crippen LogP contribution is 2.36. The third kappa shape index (κ3) is 2.85. The molecule has 2 heterocycles. The third-order valence-electron chi connectivity index (χ3n) is 3.64. The maximum absolute atomic E-state index is 11.7. The van der Waals surface area contributed by atoms with Crippen molar-refractivity contribution in [3.8, 4) is 5.75 Å². The molecule has 0 saturated carbocycles. The third-order valence-corrected chi connectivity index (χ3v) is 4.85. The molecule has 1 aromatic carbocycles. The van der Waals surface area contributed by atoms with Crippen LogP contribution in [0.5, 0.6) is 5.75 Å². The topological polar surface area (TPSA) is 75.3 Å². The van der Waals surface area contributed by atoms with Crippen molar-refractivity contribution in [1.82, 2.24) is 9.97 Å². The van der Waals surface area contributed by atoms with E-state index >= 15 is 0 Å². The second-order valence-corrected chi connectivity index (χ2v) is 7.19. The molecule has 1 aliphatic heterocycles. The summed E-state index contributed by atoms with van der Waals surface area (Å²) in [6.45, 7) is 0.602. The molecule has 0 spiro atoms. The average molecular weight is 319 g/mol. The molecule has 0 radical (unpaired) electrons. The Morgan fingerprint density at radius 2 is 2.23 bits per heavy atom. The number of aromatic amines is 1. The molecular formula is C15H17N3O3S. The smallest absolute Gasteiger partial charge is 0.231 e. The number of nitrogens with one attached hydrogen (secondary N) is 1. The van der Waals surface area contributed by atoms with Gasteiger partial charge in [-0.25, -0.2) is 13.4 Å². The van der Waals surface area contributed by atoms with E-state index in [-0.39, 0.29) is 0 Å². The molecule has 0 fully saturated rings. The van der Waals surface area contributed by atoms with Crippen molar-refractivity contribution in [2.45, 2.75) is 6.42 Å². The summed E-state index contributed by atoms with van der Waals surface area (Å²) in [6, 6.07) is 5.40. The first-order valence-electron chi connectivity index (χ1n) is 6.85. The predicted octanol–water partition coefficient (Wildman–Crippen LogP) is 2.13. The van der Waals surface area contributed by atoms with Gasteiger partial charge in [-0.1, -0.05) is 0 Å². The van der Waals surface area contributed by atoms with Crippen LogP contribution in [0.15, 0.2) is 30.7 Å². The van der Waals surface area contributed by atoms with Crippen LogP contribution in [0.25, 0.3) is 11.6 Å². The van der Waals surface area contributed by atoms with Crippen LogP contribution >= 0.6 is 0 Å². The van der Waals surface area contributed by atoms with Gasteiger partial charge >= 0.3 is 0 Å². The zero-order chi connectivity index (χ0) is 15.7. The molecule has 1 N–H and O–H groups in total. The fourth-order valence-electron chi connectivity index (χ4n) is 2.37. The highest BCUT2D eigenvalue weighted by molar-refractivity contribution is 7.92. The van der Waals surface area contributed by atoms with Crippen molar-refractivity contribution >= 4 is 27.4 Å². The van der Waals surface area contributed by atoms with Crippen LogP contribution < -0.4 is 9.04 Å².